The van der Waals surface area contributed by atoms with E-state index in [2.05, 4.69) is 84.5 Å². The van der Waals surface area contributed by atoms with E-state index in [1.165, 1.54) is 0 Å². The van der Waals surface area contributed by atoms with Gasteiger partial charge in [-0.3, -0.25) is 4.79 Å². The van der Waals surface area contributed by atoms with Crippen LogP contribution in [0.2, 0.25) is 16.6 Å². The normalized spacial score (nSPS) is 11.9. The Kier molecular flexibility index (Phi) is 15.0. The van der Waals surface area contributed by atoms with Crippen LogP contribution in [-0.4, -0.2) is 99.5 Å². The number of hydrogen-bond acceptors (Lipinski definition) is 12. The molecule has 0 aliphatic rings. The smallest absolute Gasteiger partial charge is 0.203 e. The summed E-state index contributed by atoms with van der Waals surface area (Å²) in [5.41, 5.74) is 7.43. The molecule has 0 radical (unpaired) electrons. The maximum absolute atomic E-state index is 13.0. The third-order valence-electron chi connectivity index (χ3n) is 11.3. The van der Waals surface area contributed by atoms with Gasteiger partial charge < -0.3 is 42.4 Å². The first-order valence-corrected chi connectivity index (χ1v) is 23.3. The molecule has 4 heterocycles. The predicted molar refractivity (Wildman–Crippen MR) is 251 cm³/mol. The van der Waals surface area contributed by atoms with Crippen molar-refractivity contribution in [1.29, 1.82) is 0 Å². The van der Waals surface area contributed by atoms with Crippen molar-refractivity contribution in [3.63, 3.8) is 0 Å². The molecule has 0 aliphatic carbocycles. The molecule has 0 fully saturated rings. The Bertz CT molecular complexity index is 2430. The minimum absolute atomic E-state index is 0.0676. The van der Waals surface area contributed by atoms with Crippen LogP contribution >= 0.6 is 22.6 Å². The van der Waals surface area contributed by atoms with Gasteiger partial charge >= 0.3 is 0 Å². The number of fused-ring (bicyclic) bond motifs is 2. The number of aromatic nitrogens is 6. The van der Waals surface area contributed by atoms with Gasteiger partial charge in [0.1, 0.15) is 11.0 Å². The second-order valence-corrected chi connectivity index (χ2v) is 23.1. The fraction of sp³-hybridized carbons (Fsp3) is 0.444. The average Bonchev–Trinajstić information content (AvgIpc) is 3.82. The average molecular weight is 967 g/mol. The highest BCUT2D eigenvalue weighted by molar-refractivity contribution is 14.1. The van der Waals surface area contributed by atoms with E-state index in [1.54, 1.807) is 74.3 Å². The van der Waals surface area contributed by atoms with Crippen LogP contribution in [0.15, 0.2) is 49.1 Å². The van der Waals surface area contributed by atoms with Crippen LogP contribution in [0.3, 0.4) is 0 Å². The topological polar surface area (TPSA) is 154 Å². The monoisotopic (exact) mass is 966 g/mol. The zero-order chi connectivity index (χ0) is 45.0. The zero-order valence-electron chi connectivity index (χ0n) is 37.9. The molecule has 0 aliphatic heterocycles. The van der Waals surface area contributed by atoms with Crippen LogP contribution in [0.5, 0.6) is 34.5 Å². The van der Waals surface area contributed by atoms with Gasteiger partial charge in [0, 0.05) is 30.6 Å². The number of hydrogen-bond donors (Lipinski definition) is 1. The second-order valence-electron chi connectivity index (χ2n) is 16.3. The Morgan fingerprint density at radius 1 is 0.705 bits per heavy atom. The van der Waals surface area contributed by atoms with Gasteiger partial charge in [0.25, 0.3) is 0 Å². The van der Waals surface area contributed by atoms with Gasteiger partial charge in [-0.1, -0.05) is 55.4 Å². The minimum Gasteiger partial charge on any atom is -0.493 e. The van der Waals surface area contributed by atoms with Gasteiger partial charge in [0.2, 0.25) is 11.5 Å². The first-order valence-electron chi connectivity index (χ1n) is 20.0. The molecule has 6 rings (SSSR count). The SMILES string of the molecule is COCC(C)(C)C(=O)c1c[nH]c2ncc(-c3cc(OC)c(OC)c(OC)c3)nc12.COc1cc(-c2cnc3c(n2)c(I)cn3[Si](C(C)C)(C(C)C)C(C)C)cc(OC)c1OC. The van der Waals surface area contributed by atoms with Crippen LogP contribution in [-0.2, 0) is 4.74 Å². The van der Waals surface area contributed by atoms with Crippen molar-refractivity contribution in [3.8, 4) is 57.0 Å². The molecule has 61 heavy (non-hydrogen) atoms. The number of methoxy groups -OCH3 is 7. The summed E-state index contributed by atoms with van der Waals surface area (Å²) in [5, 5.41) is 0. The van der Waals surface area contributed by atoms with Crippen molar-refractivity contribution in [1.82, 2.24) is 29.2 Å². The molecule has 2 aromatic carbocycles. The van der Waals surface area contributed by atoms with Crippen molar-refractivity contribution in [2.45, 2.75) is 72.0 Å². The quantitative estimate of drug-likeness (QED) is 0.0558. The van der Waals surface area contributed by atoms with Crippen LogP contribution in [0.1, 0.15) is 65.7 Å². The maximum Gasteiger partial charge on any atom is 0.203 e. The Morgan fingerprint density at radius 3 is 1.56 bits per heavy atom. The summed E-state index contributed by atoms with van der Waals surface area (Å²) in [6.07, 6.45) is 7.41. The van der Waals surface area contributed by atoms with E-state index >= 15 is 0 Å². The first kappa shape index (κ1) is 47.1. The zero-order valence-corrected chi connectivity index (χ0v) is 41.1. The molecule has 14 nitrogen and oxygen atoms in total. The molecule has 0 saturated heterocycles. The lowest BCUT2D eigenvalue weighted by Gasteiger charge is -2.44. The van der Waals surface area contributed by atoms with E-state index in [1.807, 2.05) is 32.2 Å². The molecular formula is C45H59IN6O8Si. The lowest BCUT2D eigenvalue weighted by atomic mass is 9.86. The predicted octanol–water partition coefficient (Wildman–Crippen LogP) is 10.3. The number of halogens is 1. The van der Waals surface area contributed by atoms with Crippen LogP contribution < -0.4 is 28.4 Å². The van der Waals surface area contributed by atoms with Crippen LogP contribution in [0.25, 0.3) is 44.8 Å². The summed E-state index contributed by atoms with van der Waals surface area (Å²) in [7, 11) is 9.13. The summed E-state index contributed by atoms with van der Waals surface area (Å²) >= 11 is 2.39. The summed E-state index contributed by atoms with van der Waals surface area (Å²) < 4.78 is 41.6. The molecule has 0 atom stereocenters. The molecule has 0 unspecified atom stereocenters. The molecule has 4 aromatic heterocycles. The van der Waals surface area contributed by atoms with E-state index in [9.17, 15) is 4.79 Å². The largest absolute Gasteiger partial charge is 0.493 e. The first-order chi connectivity index (χ1) is 29.0. The van der Waals surface area contributed by atoms with Gasteiger partial charge in [-0.05, 0) is 63.5 Å². The summed E-state index contributed by atoms with van der Waals surface area (Å²) in [6.45, 7) is 18.2. The van der Waals surface area contributed by atoms with E-state index in [0.717, 1.165) is 31.6 Å². The highest BCUT2D eigenvalue weighted by Gasteiger charge is 2.46. The number of aromatic amines is 1. The van der Waals surface area contributed by atoms with Crippen LogP contribution in [0.4, 0.5) is 0 Å². The summed E-state index contributed by atoms with van der Waals surface area (Å²) in [6, 6.07) is 7.41. The highest BCUT2D eigenvalue weighted by atomic mass is 127. The summed E-state index contributed by atoms with van der Waals surface area (Å²) in [4.78, 5) is 35.2. The van der Waals surface area contributed by atoms with Crippen molar-refractivity contribution in [3.05, 3.63) is 58.2 Å². The lowest BCUT2D eigenvalue weighted by Crippen LogP contribution is -2.51. The Balaban J connectivity index is 0.000000232. The molecule has 0 amide bonds. The number of rotatable bonds is 16. The van der Waals surface area contributed by atoms with Crippen molar-refractivity contribution >= 4 is 58.9 Å². The highest BCUT2D eigenvalue weighted by Crippen LogP contribution is 2.46. The Labute approximate surface area is 373 Å². The molecule has 0 spiro atoms. The minimum atomic E-state index is -1.93. The van der Waals surface area contributed by atoms with E-state index < -0.39 is 13.7 Å². The summed E-state index contributed by atoms with van der Waals surface area (Å²) in [5.74, 6) is 3.21. The number of benzene rings is 2. The molecular weight excluding hydrogens is 908 g/mol. The fourth-order valence-electron chi connectivity index (χ4n) is 8.68. The van der Waals surface area contributed by atoms with Crippen molar-refractivity contribution < 1.29 is 38.0 Å². The van der Waals surface area contributed by atoms with Gasteiger partial charge in [0.15, 0.2) is 48.3 Å². The molecule has 1 N–H and O–H groups in total. The molecule has 16 heteroatoms. The fourth-order valence-corrected chi connectivity index (χ4v) is 16.1. The van der Waals surface area contributed by atoms with Gasteiger partial charge in [-0.15, -0.1) is 0 Å². The number of carbonyl (C=O) groups excluding carboxylic acids is 1. The van der Waals surface area contributed by atoms with Gasteiger partial charge in [-0.2, -0.15) is 0 Å². The van der Waals surface area contributed by atoms with E-state index in [0.29, 0.717) is 80.1 Å². The van der Waals surface area contributed by atoms with E-state index in [-0.39, 0.29) is 5.78 Å². The van der Waals surface area contributed by atoms with Gasteiger partial charge in [-0.25, -0.2) is 19.9 Å². The lowest BCUT2D eigenvalue weighted by molar-refractivity contribution is 0.0633. The molecule has 328 valence electrons. The van der Waals surface area contributed by atoms with Crippen molar-refractivity contribution in [2.75, 3.05) is 56.4 Å². The number of carbonyl (C=O) groups is 1. The number of ether oxygens (including phenoxy) is 7. The Hall–Kier alpha value is -4.94. The number of Topliss-reactive ketones (excluding diaryl/α,β-unsaturated/α-hetero) is 1. The number of nitrogens with zero attached hydrogens (tertiary/aromatic N) is 5. The van der Waals surface area contributed by atoms with Crippen LogP contribution in [0, 0.1) is 8.99 Å². The standard InChI is InChI=1S/C24H34IN3O3Si.C21H25N3O5/c1-14(2)32(15(3)4,16(5)6)28-13-18(25)22-24(28)26-12-19(27-22)17-10-20(29-7)23(31-9)21(11-17)30-8;1-21(2,11-26-3)19(25)13-9-22-20-17(13)24-14(10-23-20)12-7-15(27-4)18(29-6)16(8-12)28-5/h10-16H,1-9H3;7-10H,11H2,1-6H3,(H,22,23). The third-order valence-corrected chi connectivity index (χ3v) is 18.8. The number of ketones is 1. The molecule has 6 aromatic rings. The third kappa shape index (κ3) is 8.89. The number of nitrogens with one attached hydrogen (secondary N) is 1. The Morgan fingerprint density at radius 2 is 1.15 bits per heavy atom. The van der Waals surface area contributed by atoms with E-state index in [4.69, 9.17) is 48.1 Å². The van der Waals surface area contributed by atoms with Crippen molar-refractivity contribution in [2.24, 2.45) is 5.41 Å². The molecule has 0 saturated carbocycles. The second kappa shape index (κ2) is 19.4. The maximum atomic E-state index is 13.0. The van der Waals surface area contributed by atoms with Gasteiger partial charge in [0.05, 0.1) is 87.6 Å². The molecule has 0 bridgehead atoms. The number of H-pyrrole nitrogens is 1.